The second-order valence-electron chi connectivity index (χ2n) is 8.32. The summed E-state index contributed by atoms with van der Waals surface area (Å²) in [6.07, 6.45) is -1.12. The molecule has 14 heteroatoms. The van der Waals surface area contributed by atoms with Crippen LogP contribution >= 0.6 is 0 Å². The number of aromatic hydroxyl groups is 1. The molecule has 196 valence electrons. The third-order valence-electron chi connectivity index (χ3n) is 5.55. The van der Waals surface area contributed by atoms with E-state index in [1.165, 1.54) is 24.3 Å². The lowest BCUT2D eigenvalue weighted by Crippen LogP contribution is -2.58. The number of benzene rings is 1. The third kappa shape index (κ3) is 7.94. The molecule has 0 bridgehead atoms. The summed E-state index contributed by atoms with van der Waals surface area (Å²) in [5, 5.41) is 41.4. The number of phenols is 1. The van der Waals surface area contributed by atoms with Crippen LogP contribution in [0.3, 0.4) is 0 Å². The predicted octanol–water partition coefficient (Wildman–Crippen LogP) is -1.74. The fraction of sp³-hybridized carbons (Fsp3) is 0.455. The first-order valence-electron chi connectivity index (χ1n) is 11.0. The van der Waals surface area contributed by atoms with Gasteiger partial charge in [0.1, 0.15) is 23.9 Å². The summed E-state index contributed by atoms with van der Waals surface area (Å²) < 4.78 is 0. The molecule has 3 amide bonds. The number of amides is 3. The molecule has 14 nitrogen and oxygen atoms in total. The quantitative estimate of drug-likeness (QED) is 0.167. The van der Waals surface area contributed by atoms with Crippen LogP contribution in [0.15, 0.2) is 24.3 Å². The van der Waals surface area contributed by atoms with Crippen molar-refractivity contribution < 1.29 is 49.2 Å². The van der Waals surface area contributed by atoms with E-state index in [-0.39, 0.29) is 25.1 Å². The second-order valence-corrected chi connectivity index (χ2v) is 8.32. The van der Waals surface area contributed by atoms with Gasteiger partial charge in [0.25, 0.3) is 0 Å². The van der Waals surface area contributed by atoms with Crippen molar-refractivity contribution in [3.05, 3.63) is 29.8 Å². The number of hydrogen-bond donors (Lipinski definition) is 7. The summed E-state index contributed by atoms with van der Waals surface area (Å²) in [4.78, 5) is 73.2. The number of carbonyl (C=O) groups is 6. The van der Waals surface area contributed by atoms with Gasteiger partial charge in [-0.15, -0.1) is 0 Å². The minimum atomic E-state index is -1.70. The van der Waals surface area contributed by atoms with Gasteiger partial charge in [-0.05, 0) is 30.5 Å². The molecule has 1 aromatic rings. The maximum absolute atomic E-state index is 13.3. The number of carboxylic acids is 3. The smallest absolute Gasteiger partial charge is 0.326 e. The summed E-state index contributed by atoms with van der Waals surface area (Å²) in [7, 11) is 0. The van der Waals surface area contributed by atoms with E-state index in [2.05, 4.69) is 10.6 Å². The van der Waals surface area contributed by atoms with Gasteiger partial charge in [-0.1, -0.05) is 12.1 Å². The molecule has 36 heavy (non-hydrogen) atoms. The molecule has 1 heterocycles. The molecule has 0 aromatic heterocycles. The average Bonchev–Trinajstić information content (AvgIpc) is 3.28. The molecule has 2 rings (SSSR count). The van der Waals surface area contributed by atoms with Gasteiger partial charge in [-0.2, -0.15) is 0 Å². The van der Waals surface area contributed by atoms with Crippen LogP contribution in [-0.4, -0.2) is 91.7 Å². The standard InChI is InChI=1S/C22H28N4O10/c23-13(9-17(28)29)19(32)24-14(10-18(30)31)20(33)25-15(8-11-3-5-12(27)6-4-11)21(34)26-7-1-2-16(26)22(35)36/h3-6,13-16,27H,1-2,7-10,23H2,(H,24,32)(H,25,33)(H,28,29)(H,30,31)(H,35,36). The van der Waals surface area contributed by atoms with Gasteiger partial charge in [0.2, 0.25) is 17.7 Å². The Morgan fingerprint density at radius 3 is 2.06 bits per heavy atom. The highest BCUT2D eigenvalue weighted by Gasteiger charge is 2.38. The first-order chi connectivity index (χ1) is 16.9. The summed E-state index contributed by atoms with van der Waals surface area (Å²) in [6.45, 7) is 0.136. The number of nitrogens with zero attached hydrogens (tertiary/aromatic N) is 1. The number of hydrogen-bond acceptors (Lipinski definition) is 8. The second kappa shape index (κ2) is 12.5. The topological polar surface area (TPSA) is 237 Å². The van der Waals surface area contributed by atoms with E-state index >= 15 is 0 Å². The molecule has 4 unspecified atom stereocenters. The Kier molecular flexibility index (Phi) is 9.73. The van der Waals surface area contributed by atoms with E-state index in [0.717, 1.165) is 4.90 Å². The lowest BCUT2D eigenvalue weighted by atomic mass is 10.0. The first-order valence-corrected chi connectivity index (χ1v) is 11.0. The van der Waals surface area contributed by atoms with E-state index in [4.69, 9.17) is 10.8 Å². The van der Waals surface area contributed by atoms with Gasteiger partial charge < -0.3 is 41.7 Å². The molecule has 0 spiro atoms. The number of nitrogens with one attached hydrogen (secondary N) is 2. The Hall–Kier alpha value is -4.20. The zero-order valence-electron chi connectivity index (χ0n) is 19.1. The third-order valence-corrected chi connectivity index (χ3v) is 5.55. The number of carbonyl (C=O) groups excluding carboxylic acids is 3. The number of likely N-dealkylation sites (tertiary alicyclic amines) is 1. The number of aliphatic carboxylic acids is 3. The Balaban J connectivity index is 2.27. The minimum absolute atomic E-state index is 0.0434. The van der Waals surface area contributed by atoms with Crippen molar-refractivity contribution in [1.29, 1.82) is 0 Å². The molecule has 8 N–H and O–H groups in total. The van der Waals surface area contributed by atoms with Gasteiger partial charge in [0.05, 0.1) is 18.9 Å². The highest BCUT2D eigenvalue weighted by Crippen LogP contribution is 2.20. The fourth-order valence-electron chi connectivity index (χ4n) is 3.77. The Morgan fingerprint density at radius 1 is 0.917 bits per heavy atom. The van der Waals surface area contributed by atoms with Crippen molar-refractivity contribution in [2.24, 2.45) is 5.73 Å². The SMILES string of the molecule is NC(CC(=O)O)C(=O)NC(CC(=O)O)C(=O)NC(Cc1ccc(O)cc1)C(=O)N1CCCC1C(=O)O. The number of rotatable bonds is 12. The summed E-state index contributed by atoms with van der Waals surface area (Å²) >= 11 is 0. The normalized spacial score (nSPS) is 17.5. The van der Waals surface area contributed by atoms with E-state index in [0.29, 0.717) is 12.0 Å². The largest absolute Gasteiger partial charge is 0.508 e. The van der Waals surface area contributed by atoms with Crippen molar-refractivity contribution in [1.82, 2.24) is 15.5 Å². The maximum Gasteiger partial charge on any atom is 0.326 e. The summed E-state index contributed by atoms with van der Waals surface area (Å²) in [5.74, 6) is -6.95. The van der Waals surface area contributed by atoms with Crippen LogP contribution in [0.4, 0.5) is 0 Å². The van der Waals surface area contributed by atoms with Crippen molar-refractivity contribution >= 4 is 35.6 Å². The van der Waals surface area contributed by atoms with E-state index < -0.39 is 72.6 Å². The minimum Gasteiger partial charge on any atom is -0.508 e. The number of carboxylic acid groups (broad SMARTS) is 3. The van der Waals surface area contributed by atoms with Crippen LogP contribution in [0.25, 0.3) is 0 Å². The predicted molar refractivity (Wildman–Crippen MR) is 121 cm³/mol. The van der Waals surface area contributed by atoms with Crippen molar-refractivity contribution in [3.8, 4) is 5.75 Å². The van der Waals surface area contributed by atoms with Crippen molar-refractivity contribution in [2.75, 3.05) is 6.54 Å². The van der Waals surface area contributed by atoms with Gasteiger partial charge in [0, 0.05) is 13.0 Å². The van der Waals surface area contributed by atoms with E-state index in [1.807, 2.05) is 0 Å². The molecule has 1 aliphatic rings. The molecule has 0 aliphatic carbocycles. The molecular formula is C22H28N4O10. The van der Waals surface area contributed by atoms with Crippen LogP contribution in [0.2, 0.25) is 0 Å². The van der Waals surface area contributed by atoms with Gasteiger partial charge in [-0.3, -0.25) is 24.0 Å². The number of nitrogens with two attached hydrogens (primary N) is 1. The van der Waals surface area contributed by atoms with Gasteiger partial charge in [0.15, 0.2) is 0 Å². The Morgan fingerprint density at radius 2 is 1.50 bits per heavy atom. The van der Waals surface area contributed by atoms with Crippen LogP contribution in [0, 0.1) is 0 Å². The van der Waals surface area contributed by atoms with Gasteiger partial charge >= 0.3 is 17.9 Å². The zero-order chi connectivity index (χ0) is 27.0. The highest BCUT2D eigenvalue weighted by atomic mass is 16.4. The Labute approximate surface area is 205 Å². The molecule has 1 saturated heterocycles. The number of phenolic OH excluding ortho intramolecular Hbond substituents is 1. The molecule has 4 atom stereocenters. The van der Waals surface area contributed by atoms with Gasteiger partial charge in [-0.25, -0.2) is 4.79 Å². The van der Waals surface area contributed by atoms with E-state index in [1.54, 1.807) is 0 Å². The molecule has 0 radical (unpaired) electrons. The van der Waals surface area contributed by atoms with Crippen LogP contribution in [0.1, 0.15) is 31.2 Å². The first kappa shape index (κ1) is 28.0. The molecule has 1 aliphatic heterocycles. The fourth-order valence-corrected chi connectivity index (χ4v) is 3.77. The van der Waals surface area contributed by atoms with Crippen molar-refractivity contribution in [2.45, 2.75) is 56.3 Å². The van der Waals surface area contributed by atoms with Crippen LogP contribution < -0.4 is 16.4 Å². The molecule has 1 fully saturated rings. The lowest BCUT2D eigenvalue weighted by Gasteiger charge is -2.29. The Bertz CT molecular complexity index is 1010. The maximum atomic E-state index is 13.3. The molecule has 1 aromatic carbocycles. The van der Waals surface area contributed by atoms with Crippen molar-refractivity contribution in [3.63, 3.8) is 0 Å². The van der Waals surface area contributed by atoms with Crippen LogP contribution in [0.5, 0.6) is 5.75 Å². The molecular weight excluding hydrogens is 480 g/mol. The van der Waals surface area contributed by atoms with Crippen LogP contribution in [-0.2, 0) is 35.2 Å². The average molecular weight is 508 g/mol. The highest BCUT2D eigenvalue weighted by molar-refractivity contribution is 5.96. The van der Waals surface area contributed by atoms with E-state index in [9.17, 15) is 44.1 Å². The lowest BCUT2D eigenvalue weighted by molar-refractivity contribution is -0.149. The monoisotopic (exact) mass is 508 g/mol. The molecule has 0 saturated carbocycles. The zero-order valence-corrected chi connectivity index (χ0v) is 19.1. The summed E-state index contributed by atoms with van der Waals surface area (Å²) in [6, 6.07) is 0.00509. The summed E-state index contributed by atoms with van der Waals surface area (Å²) in [5.41, 5.74) is 5.98.